The lowest BCUT2D eigenvalue weighted by Crippen LogP contribution is -2.43. The zero-order chi connectivity index (χ0) is 21.3. The SMILES string of the molecule is C=C(C)C#CC1=CC(=O)C2c3c(c(OC)cc(C#CC(=C)C)c3OC)COC12O. The highest BCUT2D eigenvalue weighted by Gasteiger charge is 2.55. The number of carbonyl (C=O) groups excluding carboxylic acids is 1. The lowest BCUT2D eigenvalue weighted by molar-refractivity contribution is -0.198. The Morgan fingerprint density at radius 1 is 1.21 bits per heavy atom. The molecule has 0 bridgehead atoms. The molecule has 0 spiro atoms. The highest BCUT2D eigenvalue weighted by atomic mass is 16.6. The first-order valence-corrected chi connectivity index (χ1v) is 8.98. The van der Waals surface area contributed by atoms with Gasteiger partial charge in [-0.3, -0.25) is 4.79 Å². The van der Waals surface area contributed by atoms with Crippen LogP contribution in [-0.4, -0.2) is 30.9 Å². The Morgan fingerprint density at radius 3 is 2.45 bits per heavy atom. The average molecular weight is 390 g/mol. The third kappa shape index (κ3) is 3.47. The summed E-state index contributed by atoms with van der Waals surface area (Å²) in [6.45, 7) is 11.1. The van der Waals surface area contributed by atoms with Crippen molar-refractivity contribution in [3.05, 3.63) is 58.7 Å². The Bertz CT molecular complexity index is 1080. The van der Waals surface area contributed by atoms with E-state index in [1.54, 1.807) is 19.9 Å². The van der Waals surface area contributed by atoms with Crippen LogP contribution in [0.4, 0.5) is 0 Å². The number of hydrogen-bond acceptors (Lipinski definition) is 5. The normalized spacial score (nSPS) is 21.5. The fourth-order valence-electron chi connectivity index (χ4n) is 3.48. The maximum atomic E-state index is 12.9. The largest absolute Gasteiger partial charge is 0.496 e. The highest BCUT2D eigenvalue weighted by Crippen LogP contribution is 2.52. The lowest BCUT2D eigenvalue weighted by Gasteiger charge is -2.37. The monoisotopic (exact) mass is 390 g/mol. The summed E-state index contributed by atoms with van der Waals surface area (Å²) >= 11 is 0. The van der Waals surface area contributed by atoms with Crippen molar-refractivity contribution in [2.75, 3.05) is 14.2 Å². The summed E-state index contributed by atoms with van der Waals surface area (Å²) in [5.41, 5.74) is 3.15. The molecule has 1 aliphatic carbocycles. The summed E-state index contributed by atoms with van der Waals surface area (Å²) in [6.07, 6.45) is 1.31. The standard InChI is InChI=1S/C24H22O5/c1-14(2)7-9-16-11-20(27-5)18-13-29-24(26)17(10-8-15(3)4)12-19(25)22(24)21(18)23(16)28-6/h11-12,22,26H,1,3,13H2,2,4-6H3. The van der Waals surface area contributed by atoms with Gasteiger partial charge in [0.15, 0.2) is 5.78 Å². The van der Waals surface area contributed by atoms with Crippen molar-refractivity contribution < 1.29 is 24.1 Å². The molecule has 1 aromatic carbocycles. The van der Waals surface area contributed by atoms with Crippen molar-refractivity contribution in [3.63, 3.8) is 0 Å². The number of methoxy groups -OCH3 is 2. The van der Waals surface area contributed by atoms with Crippen LogP contribution in [-0.2, 0) is 16.1 Å². The molecule has 3 rings (SSSR count). The fourth-order valence-corrected chi connectivity index (χ4v) is 3.48. The predicted molar refractivity (Wildman–Crippen MR) is 109 cm³/mol. The van der Waals surface area contributed by atoms with Gasteiger partial charge in [-0.25, -0.2) is 0 Å². The third-order valence-corrected chi connectivity index (χ3v) is 4.71. The van der Waals surface area contributed by atoms with Crippen LogP contribution in [0.25, 0.3) is 0 Å². The van der Waals surface area contributed by atoms with Gasteiger partial charge in [-0.1, -0.05) is 36.8 Å². The van der Waals surface area contributed by atoms with E-state index in [1.807, 2.05) is 0 Å². The molecule has 0 amide bonds. The number of hydrogen-bond donors (Lipinski definition) is 1. The maximum absolute atomic E-state index is 12.9. The second kappa shape index (κ2) is 7.64. The van der Waals surface area contributed by atoms with E-state index in [0.717, 1.165) is 0 Å². The van der Waals surface area contributed by atoms with Crippen molar-refractivity contribution in [1.82, 2.24) is 0 Å². The molecule has 0 fully saturated rings. The molecule has 1 aliphatic heterocycles. The van der Waals surface area contributed by atoms with E-state index >= 15 is 0 Å². The van der Waals surface area contributed by atoms with Crippen LogP contribution < -0.4 is 9.47 Å². The van der Waals surface area contributed by atoms with Gasteiger partial charge in [0.05, 0.1) is 32.0 Å². The maximum Gasteiger partial charge on any atom is 0.215 e. The van der Waals surface area contributed by atoms with E-state index in [1.165, 1.54) is 20.3 Å². The second-order valence-electron chi connectivity index (χ2n) is 6.99. The average Bonchev–Trinajstić information content (AvgIpc) is 2.93. The Kier molecular flexibility index (Phi) is 5.40. The zero-order valence-corrected chi connectivity index (χ0v) is 16.9. The van der Waals surface area contributed by atoms with E-state index in [-0.39, 0.29) is 18.0 Å². The van der Waals surface area contributed by atoms with E-state index < -0.39 is 11.7 Å². The van der Waals surface area contributed by atoms with Crippen molar-refractivity contribution in [1.29, 1.82) is 0 Å². The molecular weight excluding hydrogens is 368 g/mol. The number of fused-ring (bicyclic) bond motifs is 3. The number of ketones is 1. The molecule has 1 aromatic rings. The first-order valence-electron chi connectivity index (χ1n) is 8.98. The Morgan fingerprint density at radius 2 is 1.86 bits per heavy atom. The molecule has 2 unspecified atom stereocenters. The number of allylic oxidation sites excluding steroid dienone is 3. The molecule has 0 aromatic heterocycles. The highest BCUT2D eigenvalue weighted by molar-refractivity contribution is 6.03. The van der Waals surface area contributed by atoms with Crippen LogP contribution >= 0.6 is 0 Å². The quantitative estimate of drug-likeness (QED) is 0.787. The summed E-state index contributed by atoms with van der Waals surface area (Å²) in [5.74, 6) is 9.17. The summed E-state index contributed by atoms with van der Waals surface area (Å²) < 4.78 is 16.9. The Hall–Kier alpha value is -3.25. The van der Waals surface area contributed by atoms with Gasteiger partial charge in [0.1, 0.15) is 17.4 Å². The zero-order valence-electron chi connectivity index (χ0n) is 16.9. The Labute approximate surface area is 170 Å². The van der Waals surface area contributed by atoms with Crippen molar-refractivity contribution in [3.8, 4) is 35.2 Å². The number of ether oxygens (including phenoxy) is 3. The molecule has 5 heteroatoms. The lowest BCUT2D eigenvalue weighted by atomic mass is 9.82. The van der Waals surface area contributed by atoms with Crippen LogP contribution in [0.1, 0.15) is 36.5 Å². The van der Waals surface area contributed by atoms with Crippen LogP contribution in [0.15, 0.2) is 42.0 Å². The minimum atomic E-state index is -1.88. The van der Waals surface area contributed by atoms with Crippen molar-refractivity contribution in [2.45, 2.75) is 32.2 Å². The van der Waals surface area contributed by atoms with Gasteiger partial charge in [0, 0.05) is 11.1 Å². The van der Waals surface area contributed by atoms with E-state index in [4.69, 9.17) is 14.2 Å². The number of rotatable bonds is 2. The molecule has 148 valence electrons. The van der Waals surface area contributed by atoms with E-state index in [9.17, 15) is 9.90 Å². The van der Waals surface area contributed by atoms with Crippen LogP contribution in [0.3, 0.4) is 0 Å². The van der Waals surface area contributed by atoms with Gasteiger partial charge in [-0.05, 0) is 37.1 Å². The molecule has 29 heavy (non-hydrogen) atoms. The van der Waals surface area contributed by atoms with Gasteiger partial charge < -0.3 is 19.3 Å². The van der Waals surface area contributed by atoms with Gasteiger partial charge in [-0.2, -0.15) is 0 Å². The van der Waals surface area contributed by atoms with Crippen LogP contribution in [0, 0.1) is 23.7 Å². The number of benzene rings is 1. The molecule has 0 saturated carbocycles. The topological polar surface area (TPSA) is 65.0 Å². The molecule has 2 atom stereocenters. The summed E-state index contributed by atoms with van der Waals surface area (Å²) in [7, 11) is 3.02. The summed E-state index contributed by atoms with van der Waals surface area (Å²) in [6, 6.07) is 1.73. The molecule has 0 saturated heterocycles. The molecule has 1 N–H and O–H groups in total. The van der Waals surface area contributed by atoms with Gasteiger partial charge in [-0.15, -0.1) is 0 Å². The Balaban J connectivity index is 2.26. The van der Waals surface area contributed by atoms with Crippen LogP contribution in [0.5, 0.6) is 11.5 Å². The second-order valence-corrected chi connectivity index (χ2v) is 6.99. The first kappa shape index (κ1) is 20.5. The van der Waals surface area contributed by atoms with Gasteiger partial charge in [0.2, 0.25) is 5.79 Å². The predicted octanol–water partition coefficient (Wildman–Crippen LogP) is 3.02. The molecule has 2 aliphatic rings. The molecular formula is C24H22O5. The van der Waals surface area contributed by atoms with Gasteiger partial charge in [0.25, 0.3) is 0 Å². The van der Waals surface area contributed by atoms with E-state index in [0.29, 0.717) is 39.3 Å². The minimum Gasteiger partial charge on any atom is -0.496 e. The van der Waals surface area contributed by atoms with Crippen molar-refractivity contribution in [2.24, 2.45) is 0 Å². The summed E-state index contributed by atoms with van der Waals surface area (Å²) in [5, 5.41) is 11.3. The number of carbonyl (C=O) groups is 1. The van der Waals surface area contributed by atoms with Gasteiger partial charge >= 0.3 is 0 Å². The molecule has 0 radical (unpaired) electrons. The third-order valence-electron chi connectivity index (χ3n) is 4.71. The smallest absolute Gasteiger partial charge is 0.215 e. The molecule has 1 heterocycles. The van der Waals surface area contributed by atoms with Crippen molar-refractivity contribution >= 4 is 5.78 Å². The molecule has 5 nitrogen and oxygen atoms in total. The minimum absolute atomic E-state index is 0.0232. The first-order chi connectivity index (χ1) is 13.7. The number of aliphatic hydroxyl groups is 1. The summed E-state index contributed by atoms with van der Waals surface area (Å²) in [4.78, 5) is 12.9. The van der Waals surface area contributed by atoms with E-state index in [2.05, 4.69) is 36.8 Å². The fraction of sp³-hybridized carbons (Fsp3) is 0.292. The van der Waals surface area contributed by atoms with Crippen LogP contribution in [0.2, 0.25) is 0 Å².